The lowest BCUT2D eigenvalue weighted by molar-refractivity contribution is 0.122. The number of nitrogens with two attached hydrogens (primary N) is 2. The van der Waals surface area contributed by atoms with Crippen LogP contribution >= 0.6 is 0 Å². The van der Waals surface area contributed by atoms with Gasteiger partial charge < -0.3 is 21.1 Å². The van der Waals surface area contributed by atoms with Gasteiger partial charge in [0, 0.05) is 31.4 Å². The van der Waals surface area contributed by atoms with Gasteiger partial charge in [0.05, 0.1) is 13.2 Å². The predicted octanol–water partition coefficient (Wildman–Crippen LogP) is 0.790. The monoisotopic (exact) mass is 235 g/mol. The summed E-state index contributed by atoms with van der Waals surface area (Å²) < 4.78 is 5.36. The van der Waals surface area contributed by atoms with Gasteiger partial charge in [-0.3, -0.25) is 0 Å². The topological polar surface area (TPSA) is 64.5 Å². The Balaban J connectivity index is 2.18. The average Bonchev–Trinajstić information content (AvgIpc) is 2.38. The van der Waals surface area contributed by atoms with E-state index in [9.17, 15) is 0 Å². The van der Waals surface area contributed by atoms with Crippen LogP contribution in [-0.4, -0.2) is 32.8 Å². The molecule has 94 valence electrons. The molecule has 0 saturated carbocycles. The average molecular weight is 235 g/mol. The summed E-state index contributed by atoms with van der Waals surface area (Å²) in [7, 11) is 0. The molecule has 0 unspecified atom stereocenters. The molecule has 1 aromatic carbocycles. The van der Waals surface area contributed by atoms with Crippen LogP contribution < -0.4 is 16.4 Å². The summed E-state index contributed by atoms with van der Waals surface area (Å²) in [6, 6.07) is 6.30. The lowest BCUT2D eigenvalue weighted by Gasteiger charge is -2.30. The van der Waals surface area contributed by atoms with Crippen LogP contribution in [0, 0.1) is 6.92 Å². The molecule has 0 aliphatic carbocycles. The molecule has 1 atom stereocenters. The van der Waals surface area contributed by atoms with Gasteiger partial charge in [-0.15, -0.1) is 0 Å². The van der Waals surface area contributed by atoms with Gasteiger partial charge >= 0.3 is 0 Å². The molecular weight excluding hydrogens is 214 g/mol. The van der Waals surface area contributed by atoms with Gasteiger partial charge in [0.2, 0.25) is 0 Å². The van der Waals surface area contributed by atoms with E-state index in [0.717, 1.165) is 31.9 Å². The van der Waals surface area contributed by atoms with Crippen LogP contribution in [0.4, 0.5) is 5.69 Å². The maximum absolute atomic E-state index is 5.93. The summed E-state index contributed by atoms with van der Waals surface area (Å²) in [5, 5.41) is 0. The van der Waals surface area contributed by atoms with Crippen molar-refractivity contribution in [3.8, 4) is 0 Å². The van der Waals surface area contributed by atoms with Crippen LogP contribution in [0.2, 0.25) is 0 Å². The smallest absolute Gasteiger partial charge is 0.0642 e. The van der Waals surface area contributed by atoms with Gasteiger partial charge in [0.15, 0.2) is 0 Å². The molecule has 0 aromatic heterocycles. The summed E-state index contributed by atoms with van der Waals surface area (Å²) in [6.07, 6.45) is 0. The largest absolute Gasteiger partial charge is 0.378 e. The number of ether oxygens (including phenoxy) is 1. The highest BCUT2D eigenvalue weighted by Gasteiger charge is 2.14. The standard InChI is InChI=1S/C13H21N3O/c1-10-8-11(12(15)9-14)2-3-13(10)16-4-6-17-7-5-16/h2-3,8,12H,4-7,9,14-15H2,1H3/t12-/m0/s1. The molecule has 0 amide bonds. The van der Waals surface area contributed by atoms with Gasteiger partial charge in [-0.25, -0.2) is 0 Å². The molecule has 4 nitrogen and oxygen atoms in total. The molecule has 1 aliphatic heterocycles. The Morgan fingerprint density at radius 3 is 2.65 bits per heavy atom. The summed E-state index contributed by atoms with van der Waals surface area (Å²) >= 11 is 0. The molecule has 1 saturated heterocycles. The maximum atomic E-state index is 5.93. The molecule has 2 rings (SSSR count). The van der Waals surface area contributed by atoms with Crippen molar-refractivity contribution >= 4 is 5.69 Å². The third kappa shape index (κ3) is 2.77. The van der Waals surface area contributed by atoms with Crippen LogP contribution in [0.3, 0.4) is 0 Å². The van der Waals surface area contributed by atoms with E-state index in [0.29, 0.717) is 6.54 Å². The second-order valence-corrected chi connectivity index (χ2v) is 4.49. The molecular formula is C13H21N3O. The molecule has 1 aliphatic rings. The van der Waals surface area contributed by atoms with Crippen LogP contribution in [0.25, 0.3) is 0 Å². The Bertz CT molecular complexity index is 375. The first-order chi connectivity index (χ1) is 8.22. The Morgan fingerprint density at radius 2 is 2.06 bits per heavy atom. The van der Waals surface area contributed by atoms with E-state index in [4.69, 9.17) is 16.2 Å². The number of aryl methyl sites for hydroxylation is 1. The van der Waals surface area contributed by atoms with Crippen molar-refractivity contribution in [1.29, 1.82) is 0 Å². The van der Waals surface area contributed by atoms with Crippen molar-refractivity contribution in [3.63, 3.8) is 0 Å². The number of benzene rings is 1. The van der Waals surface area contributed by atoms with Crippen molar-refractivity contribution in [2.75, 3.05) is 37.7 Å². The lowest BCUT2D eigenvalue weighted by Crippen LogP contribution is -2.36. The molecule has 1 fully saturated rings. The van der Waals surface area contributed by atoms with E-state index in [1.807, 2.05) is 0 Å². The fraction of sp³-hybridized carbons (Fsp3) is 0.538. The van der Waals surface area contributed by atoms with Gasteiger partial charge in [-0.1, -0.05) is 12.1 Å². The van der Waals surface area contributed by atoms with Crippen molar-refractivity contribution in [3.05, 3.63) is 29.3 Å². The first-order valence-electron chi connectivity index (χ1n) is 6.11. The second-order valence-electron chi connectivity index (χ2n) is 4.49. The normalized spacial score (nSPS) is 18.2. The zero-order valence-electron chi connectivity index (χ0n) is 10.4. The van der Waals surface area contributed by atoms with Crippen molar-refractivity contribution in [2.24, 2.45) is 11.5 Å². The van der Waals surface area contributed by atoms with Crippen LogP contribution in [-0.2, 0) is 4.74 Å². The quantitative estimate of drug-likeness (QED) is 0.813. The Hall–Kier alpha value is -1.10. The number of hydrogen-bond donors (Lipinski definition) is 2. The molecule has 4 N–H and O–H groups in total. The zero-order valence-corrected chi connectivity index (χ0v) is 10.4. The van der Waals surface area contributed by atoms with Crippen molar-refractivity contribution in [1.82, 2.24) is 0 Å². The third-order valence-corrected chi connectivity index (χ3v) is 3.25. The number of rotatable bonds is 3. The molecule has 0 radical (unpaired) electrons. The van der Waals surface area contributed by atoms with E-state index >= 15 is 0 Å². The SMILES string of the molecule is Cc1cc([C@@H](N)CN)ccc1N1CCOCC1. The molecule has 4 heteroatoms. The minimum absolute atomic E-state index is 0.0626. The maximum Gasteiger partial charge on any atom is 0.0642 e. The van der Waals surface area contributed by atoms with Crippen LogP contribution in [0.1, 0.15) is 17.2 Å². The summed E-state index contributed by atoms with van der Waals surface area (Å²) in [5.74, 6) is 0. The molecule has 17 heavy (non-hydrogen) atoms. The summed E-state index contributed by atoms with van der Waals surface area (Å²) in [5.41, 5.74) is 15.2. The zero-order chi connectivity index (χ0) is 12.3. The lowest BCUT2D eigenvalue weighted by atomic mass is 10.0. The third-order valence-electron chi connectivity index (χ3n) is 3.25. The fourth-order valence-corrected chi connectivity index (χ4v) is 2.20. The van der Waals surface area contributed by atoms with Gasteiger partial charge in [0.1, 0.15) is 0 Å². The minimum atomic E-state index is -0.0626. The van der Waals surface area contributed by atoms with Crippen molar-refractivity contribution in [2.45, 2.75) is 13.0 Å². The van der Waals surface area contributed by atoms with E-state index in [2.05, 4.69) is 30.0 Å². The molecule has 0 spiro atoms. The molecule has 0 bridgehead atoms. The Kier molecular flexibility index (Phi) is 3.99. The number of morpholine rings is 1. The summed E-state index contributed by atoms with van der Waals surface area (Å²) in [6.45, 7) is 6.15. The fourth-order valence-electron chi connectivity index (χ4n) is 2.20. The number of nitrogens with zero attached hydrogens (tertiary/aromatic N) is 1. The summed E-state index contributed by atoms with van der Waals surface area (Å²) in [4.78, 5) is 2.36. The highest BCUT2D eigenvalue weighted by atomic mass is 16.5. The van der Waals surface area contributed by atoms with Crippen LogP contribution in [0.5, 0.6) is 0 Å². The predicted molar refractivity (Wildman–Crippen MR) is 70.2 cm³/mol. The second kappa shape index (κ2) is 5.49. The Labute approximate surface area is 103 Å². The first-order valence-corrected chi connectivity index (χ1v) is 6.11. The minimum Gasteiger partial charge on any atom is -0.378 e. The van der Waals surface area contributed by atoms with E-state index < -0.39 is 0 Å². The highest BCUT2D eigenvalue weighted by molar-refractivity contribution is 5.55. The number of anilines is 1. The van der Waals surface area contributed by atoms with Crippen molar-refractivity contribution < 1.29 is 4.74 Å². The van der Waals surface area contributed by atoms with Gasteiger partial charge in [-0.05, 0) is 24.1 Å². The molecule has 1 heterocycles. The van der Waals surface area contributed by atoms with Gasteiger partial charge in [0.25, 0.3) is 0 Å². The van der Waals surface area contributed by atoms with Crippen LogP contribution in [0.15, 0.2) is 18.2 Å². The first kappa shape index (κ1) is 12.4. The van der Waals surface area contributed by atoms with Gasteiger partial charge in [-0.2, -0.15) is 0 Å². The highest BCUT2D eigenvalue weighted by Crippen LogP contribution is 2.24. The van der Waals surface area contributed by atoms with E-state index in [1.165, 1.54) is 11.3 Å². The Morgan fingerprint density at radius 1 is 1.35 bits per heavy atom. The van der Waals surface area contributed by atoms with E-state index in [-0.39, 0.29) is 6.04 Å². The molecule has 1 aromatic rings. The number of hydrogen-bond acceptors (Lipinski definition) is 4. The van der Waals surface area contributed by atoms with E-state index in [1.54, 1.807) is 0 Å².